The molecule has 0 bridgehead atoms. The number of fused-ring (bicyclic) bond motifs is 1. The summed E-state index contributed by atoms with van der Waals surface area (Å²) >= 11 is 0. The first-order valence-electron chi connectivity index (χ1n) is 10.00. The number of para-hydroxylation sites is 1. The van der Waals surface area contributed by atoms with Gasteiger partial charge in [0, 0.05) is 0 Å². The van der Waals surface area contributed by atoms with Gasteiger partial charge >= 0.3 is 6.03 Å². The third kappa shape index (κ3) is 3.52. The van der Waals surface area contributed by atoms with Crippen LogP contribution in [0.5, 0.6) is 0 Å². The second kappa shape index (κ2) is 7.50. The molecule has 4 N–H and O–H groups in total. The summed E-state index contributed by atoms with van der Waals surface area (Å²) in [4.78, 5) is 25.1. The number of anilines is 1. The van der Waals surface area contributed by atoms with Crippen LogP contribution in [0.1, 0.15) is 43.0 Å². The van der Waals surface area contributed by atoms with Crippen molar-refractivity contribution in [3.05, 3.63) is 81.6 Å². The maximum atomic E-state index is 12.9. The molecule has 2 amide bonds. The molecule has 1 aliphatic carbocycles. The molecular weight excluding hydrogens is 380 g/mol. The molecule has 7 nitrogen and oxygen atoms in total. The van der Waals surface area contributed by atoms with Gasteiger partial charge in [0.1, 0.15) is 5.82 Å². The summed E-state index contributed by atoms with van der Waals surface area (Å²) in [5, 5.41) is 19.2. The van der Waals surface area contributed by atoms with Gasteiger partial charge in [-0.1, -0.05) is 56.3 Å². The topological polar surface area (TPSA) is 99.1 Å². The Morgan fingerprint density at radius 3 is 2.53 bits per heavy atom. The molecular formula is C23H26N4O3. The number of hydrogen-bond acceptors (Lipinski definition) is 3. The van der Waals surface area contributed by atoms with Crippen molar-refractivity contribution >= 4 is 11.8 Å². The fraction of sp³-hybridized carbons (Fsp3) is 0.304. The molecule has 2 atom stereocenters. The molecule has 0 saturated heterocycles. The highest BCUT2D eigenvalue weighted by Crippen LogP contribution is 2.41. The van der Waals surface area contributed by atoms with E-state index >= 15 is 0 Å². The second-order valence-electron chi connectivity index (χ2n) is 8.40. The third-order valence-electron chi connectivity index (χ3n) is 5.79. The SMILES string of the molecule is Cc1c(NC(=O)N[C@H]2c3ccccc3C(C)(C)C[C@@H]2O)n(-c2ccccc2)[nH]c1=O. The second-order valence-corrected chi connectivity index (χ2v) is 8.40. The Labute approximate surface area is 174 Å². The highest BCUT2D eigenvalue weighted by atomic mass is 16.3. The van der Waals surface area contributed by atoms with Crippen molar-refractivity contribution in [1.29, 1.82) is 0 Å². The Balaban J connectivity index is 1.62. The molecule has 156 valence electrons. The van der Waals surface area contributed by atoms with E-state index in [2.05, 4.69) is 29.6 Å². The minimum atomic E-state index is -0.718. The molecule has 1 aromatic heterocycles. The van der Waals surface area contributed by atoms with E-state index in [0.29, 0.717) is 17.8 Å². The predicted octanol–water partition coefficient (Wildman–Crippen LogP) is 3.38. The average Bonchev–Trinajstić information content (AvgIpc) is 3.00. The number of carbonyl (C=O) groups excluding carboxylic acids is 1. The van der Waals surface area contributed by atoms with Crippen LogP contribution in [0.25, 0.3) is 5.69 Å². The van der Waals surface area contributed by atoms with Crippen molar-refractivity contribution in [2.75, 3.05) is 5.32 Å². The summed E-state index contributed by atoms with van der Waals surface area (Å²) in [6.45, 7) is 5.83. The summed E-state index contributed by atoms with van der Waals surface area (Å²) in [6, 6.07) is 16.1. The molecule has 0 spiro atoms. The Kier molecular flexibility index (Phi) is 4.99. The lowest BCUT2D eigenvalue weighted by Crippen LogP contribution is -2.45. The van der Waals surface area contributed by atoms with Gasteiger partial charge in [0.2, 0.25) is 0 Å². The lowest BCUT2D eigenvalue weighted by Gasteiger charge is -2.40. The largest absolute Gasteiger partial charge is 0.391 e. The maximum Gasteiger partial charge on any atom is 0.320 e. The quantitative estimate of drug-likeness (QED) is 0.537. The number of hydrogen-bond donors (Lipinski definition) is 4. The number of rotatable bonds is 3. The standard InChI is InChI=1S/C23H26N4O3/c1-14-20(27(26-21(14)29)15-9-5-4-6-10-15)25-22(30)24-19-16-11-7-8-12-17(16)23(2,3)13-18(19)28/h4-12,18-19,28H,13H2,1-3H3,(H,26,29)(H2,24,25,30)/t18-,19-/m0/s1. The first kappa shape index (κ1) is 20.0. The summed E-state index contributed by atoms with van der Waals surface area (Å²) in [5.74, 6) is 0.364. The van der Waals surface area contributed by atoms with Crippen molar-refractivity contribution in [2.45, 2.75) is 44.8 Å². The number of carbonyl (C=O) groups is 1. The number of aromatic amines is 1. The van der Waals surface area contributed by atoms with E-state index < -0.39 is 18.2 Å². The molecule has 1 heterocycles. The Hall–Kier alpha value is -3.32. The fourth-order valence-corrected chi connectivity index (χ4v) is 4.24. The zero-order chi connectivity index (χ0) is 21.5. The Morgan fingerprint density at radius 1 is 1.13 bits per heavy atom. The summed E-state index contributed by atoms with van der Waals surface area (Å²) < 4.78 is 1.55. The average molecular weight is 406 g/mol. The number of nitrogens with zero attached hydrogens (tertiary/aromatic N) is 1. The third-order valence-corrected chi connectivity index (χ3v) is 5.79. The minimum absolute atomic E-state index is 0.185. The van der Waals surface area contributed by atoms with E-state index in [0.717, 1.165) is 16.8 Å². The Morgan fingerprint density at radius 2 is 1.80 bits per heavy atom. The van der Waals surface area contributed by atoms with Gasteiger partial charge in [0.05, 0.1) is 23.4 Å². The molecule has 30 heavy (non-hydrogen) atoms. The van der Waals surface area contributed by atoms with Gasteiger partial charge in [0.25, 0.3) is 5.56 Å². The molecule has 3 aromatic rings. The number of nitrogens with one attached hydrogen (secondary N) is 3. The van der Waals surface area contributed by atoms with Crippen LogP contribution in [0.4, 0.5) is 10.6 Å². The highest BCUT2D eigenvalue weighted by Gasteiger charge is 2.39. The lowest BCUT2D eigenvalue weighted by atomic mass is 9.70. The van der Waals surface area contributed by atoms with Crippen LogP contribution in [0.15, 0.2) is 59.4 Å². The van der Waals surface area contributed by atoms with Crippen LogP contribution in [0.3, 0.4) is 0 Å². The number of aliphatic hydroxyl groups excluding tert-OH is 1. The number of aromatic nitrogens is 2. The van der Waals surface area contributed by atoms with Gasteiger partial charge in [-0.2, -0.15) is 0 Å². The van der Waals surface area contributed by atoms with Gasteiger partial charge in [0.15, 0.2) is 0 Å². The summed E-state index contributed by atoms with van der Waals surface area (Å²) in [5.41, 5.74) is 2.68. The van der Waals surface area contributed by atoms with E-state index in [1.165, 1.54) is 0 Å². The molecule has 0 saturated carbocycles. The monoisotopic (exact) mass is 406 g/mol. The van der Waals surface area contributed by atoms with E-state index in [-0.39, 0.29) is 11.0 Å². The van der Waals surface area contributed by atoms with E-state index in [1.54, 1.807) is 11.6 Å². The van der Waals surface area contributed by atoms with Crippen LogP contribution in [0.2, 0.25) is 0 Å². The summed E-state index contributed by atoms with van der Waals surface area (Å²) in [6.07, 6.45) is -0.184. The van der Waals surface area contributed by atoms with Crippen LogP contribution < -0.4 is 16.2 Å². The first-order valence-corrected chi connectivity index (χ1v) is 10.00. The number of urea groups is 1. The van der Waals surface area contributed by atoms with E-state index in [9.17, 15) is 14.7 Å². The number of benzene rings is 2. The van der Waals surface area contributed by atoms with Crippen LogP contribution in [0, 0.1) is 6.92 Å². The van der Waals surface area contributed by atoms with Crippen molar-refractivity contribution in [3.63, 3.8) is 0 Å². The van der Waals surface area contributed by atoms with Gasteiger partial charge < -0.3 is 10.4 Å². The van der Waals surface area contributed by atoms with Gasteiger partial charge in [-0.05, 0) is 42.0 Å². The molecule has 0 aliphatic heterocycles. The van der Waals surface area contributed by atoms with Crippen molar-refractivity contribution < 1.29 is 9.90 Å². The molecule has 7 heteroatoms. The molecule has 4 rings (SSSR count). The van der Waals surface area contributed by atoms with Crippen LogP contribution in [-0.4, -0.2) is 27.0 Å². The van der Waals surface area contributed by atoms with Crippen LogP contribution in [-0.2, 0) is 5.41 Å². The van der Waals surface area contributed by atoms with Gasteiger partial charge in [-0.25, -0.2) is 9.48 Å². The zero-order valence-electron chi connectivity index (χ0n) is 17.3. The lowest BCUT2D eigenvalue weighted by molar-refractivity contribution is 0.0883. The smallest absolute Gasteiger partial charge is 0.320 e. The number of aliphatic hydroxyl groups is 1. The van der Waals surface area contributed by atoms with Gasteiger partial charge in [-0.15, -0.1) is 0 Å². The fourth-order valence-electron chi connectivity index (χ4n) is 4.24. The van der Waals surface area contributed by atoms with Gasteiger partial charge in [-0.3, -0.25) is 15.2 Å². The van der Waals surface area contributed by atoms with Crippen molar-refractivity contribution in [2.24, 2.45) is 0 Å². The molecule has 2 aromatic carbocycles. The van der Waals surface area contributed by atoms with Crippen molar-refractivity contribution in [1.82, 2.24) is 15.1 Å². The highest BCUT2D eigenvalue weighted by molar-refractivity contribution is 5.89. The zero-order valence-corrected chi connectivity index (χ0v) is 17.3. The predicted molar refractivity (Wildman–Crippen MR) is 116 cm³/mol. The maximum absolute atomic E-state index is 12.9. The number of H-pyrrole nitrogens is 1. The molecule has 0 fully saturated rings. The molecule has 0 radical (unpaired) electrons. The first-order chi connectivity index (χ1) is 14.3. The normalized spacial score (nSPS) is 19.7. The van der Waals surface area contributed by atoms with E-state index in [1.807, 2.05) is 54.6 Å². The summed E-state index contributed by atoms with van der Waals surface area (Å²) in [7, 11) is 0. The van der Waals surface area contributed by atoms with E-state index in [4.69, 9.17) is 0 Å². The van der Waals surface area contributed by atoms with Crippen molar-refractivity contribution in [3.8, 4) is 5.69 Å². The van der Waals surface area contributed by atoms with Crippen LogP contribution >= 0.6 is 0 Å². The Bertz CT molecular complexity index is 1130. The number of amides is 2. The molecule has 1 aliphatic rings. The molecule has 0 unspecified atom stereocenters. The minimum Gasteiger partial charge on any atom is -0.391 e.